The maximum absolute atomic E-state index is 13.8. The van der Waals surface area contributed by atoms with Gasteiger partial charge in [0.2, 0.25) is 0 Å². The molecule has 0 bridgehead atoms. The second-order valence-corrected chi connectivity index (χ2v) is 5.13. The molecule has 110 valence electrons. The molecule has 1 nitrogen and oxygen atoms in total. The summed E-state index contributed by atoms with van der Waals surface area (Å²) in [6.45, 7) is 0. The number of alkyl halides is 3. The second-order valence-electron chi connectivity index (χ2n) is 5.13. The van der Waals surface area contributed by atoms with Crippen molar-refractivity contribution in [2.75, 3.05) is 5.32 Å². The van der Waals surface area contributed by atoms with Crippen LogP contribution < -0.4 is 5.32 Å². The Hall–Kier alpha value is -2.04. The van der Waals surface area contributed by atoms with E-state index in [1.54, 1.807) is 0 Å². The Bertz CT molecular complexity index is 664. The normalized spacial score (nSPS) is 17.6. The van der Waals surface area contributed by atoms with Crippen molar-refractivity contribution >= 4 is 5.69 Å². The van der Waals surface area contributed by atoms with Crippen molar-refractivity contribution in [1.82, 2.24) is 0 Å². The van der Waals surface area contributed by atoms with Crippen molar-refractivity contribution in [1.29, 1.82) is 0 Å². The van der Waals surface area contributed by atoms with E-state index in [9.17, 15) is 17.6 Å². The second kappa shape index (κ2) is 5.06. The van der Waals surface area contributed by atoms with Crippen LogP contribution in [0.15, 0.2) is 42.5 Å². The molecule has 1 aliphatic carbocycles. The molecular weight excluding hydrogens is 282 g/mol. The van der Waals surface area contributed by atoms with Gasteiger partial charge in [-0.05, 0) is 42.2 Å². The summed E-state index contributed by atoms with van der Waals surface area (Å²) in [7, 11) is 0. The number of nitrogens with one attached hydrogen (secondary N) is 1. The number of aryl methyl sites for hydroxylation is 1. The number of hydrogen-bond donors (Lipinski definition) is 1. The Morgan fingerprint density at radius 3 is 2.57 bits per heavy atom. The van der Waals surface area contributed by atoms with E-state index in [1.807, 2.05) is 24.3 Å². The minimum atomic E-state index is -4.47. The largest absolute Gasteiger partial charge is 0.416 e. The molecule has 0 spiro atoms. The molecule has 21 heavy (non-hydrogen) atoms. The van der Waals surface area contributed by atoms with Gasteiger partial charge in [0.25, 0.3) is 0 Å². The van der Waals surface area contributed by atoms with Gasteiger partial charge in [0.05, 0.1) is 17.3 Å². The minimum Gasteiger partial charge on any atom is -0.376 e. The summed E-state index contributed by atoms with van der Waals surface area (Å²) in [6, 6.07) is 9.99. The molecule has 0 saturated carbocycles. The Morgan fingerprint density at radius 1 is 1.05 bits per heavy atom. The fraction of sp³-hybridized carbons (Fsp3) is 0.250. The van der Waals surface area contributed by atoms with Crippen LogP contribution in [-0.2, 0) is 12.6 Å². The smallest absolute Gasteiger partial charge is 0.376 e. The fourth-order valence-corrected chi connectivity index (χ4v) is 2.71. The van der Waals surface area contributed by atoms with Crippen molar-refractivity contribution in [2.45, 2.75) is 25.1 Å². The Labute approximate surface area is 119 Å². The first-order valence-corrected chi connectivity index (χ1v) is 6.66. The van der Waals surface area contributed by atoms with Gasteiger partial charge in [0, 0.05) is 0 Å². The van der Waals surface area contributed by atoms with Crippen molar-refractivity contribution in [3.8, 4) is 0 Å². The third kappa shape index (κ3) is 2.73. The monoisotopic (exact) mass is 295 g/mol. The summed E-state index contributed by atoms with van der Waals surface area (Å²) in [4.78, 5) is 0. The van der Waals surface area contributed by atoms with Crippen LogP contribution in [0, 0.1) is 5.82 Å². The SMILES string of the molecule is Fc1ccc(C(F)(F)F)cc1NC1CCc2ccccc21. The van der Waals surface area contributed by atoms with E-state index in [2.05, 4.69) is 5.32 Å². The van der Waals surface area contributed by atoms with Crippen LogP contribution in [-0.4, -0.2) is 0 Å². The lowest BCUT2D eigenvalue weighted by molar-refractivity contribution is -0.137. The molecular formula is C16H13F4N. The molecule has 1 unspecified atom stereocenters. The zero-order valence-electron chi connectivity index (χ0n) is 11.0. The molecule has 2 aromatic carbocycles. The summed E-state index contributed by atoms with van der Waals surface area (Å²) in [6.07, 6.45) is -2.89. The summed E-state index contributed by atoms with van der Waals surface area (Å²) >= 11 is 0. The van der Waals surface area contributed by atoms with Crippen molar-refractivity contribution in [3.05, 3.63) is 65.0 Å². The molecule has 5 heteroatoms. The maximum Gasteiger partial charge on any atom is 0.416 e. The van der Waals surface area contributed by atoms with Gasteiger partial charge < -0.3 is 5.32 Å². The van der Waals surface area contributed by atoms with E-state index in [-0.39, 0.29) is 11.7 Å². The van der Waals surface area contributed by atoms with Gasteiger partial charge >= 0.3 is 6.18 Å². The highest BCUT2D eigenvalue weighted by Gasteiger charge is 2.31. The van der Waals surface area contributed by atoms with E-state index < -0.39 is 17.6 Å². The minimum absolute atomic E-state index is 0.105. The number of rotatable bonds is 2. The van der Waals surface area contributed by atoms with Crippen LogP contribution in [0.2, 0.25) is 0 Å². The summed E-state index contributed by atoms with van der Waals surface area (Å²) in [5.41, 5.74) is 1.22. The number of hydrogen-bond acceptors (Lipinski definition) is 1. The molecule has 0 radical (unpaired) electrons. The highest BCUT2D eigenvalue weighted by atomic mass is 19.4. The van der Waals surface area contributed by atoms with Gasteiger partial charge in [-0.3, -0.25) is 0 Å². The highest BCUT2D eigenvalue weighted by Crippen LogP contribution is 2.36. The zero-order valence-corrected chi connectivity index (χ0v) is 11.0. The van der Waals surface area contributed by atoms with Gasteiger partial charge in [0.15, 0.2) is 0 Å². The van der Waals surface area contributed by atoms with Crippen LogP contribution in [0.3, 0.4) is 0 Å². The average Bonchev–Trinajstić information content (AvgIpc) is 2.83. The molecule has 1 atom stereocenters. The van der Waals surface area contributed by atoms with Gasteiger partial charge in [-0.15, -0.1) is 0 Å². The van der Waals surface area contributed by atoms with Crippen LogP contribution >= 0.6 is 0 Å². The Balaban J connectivity index is 1.89. The predicted octanol–water partition coefficient (Wildman–Crippen LogP) is 4.94. The maximum atomic E-state index is 13.8. The first kappa shape index (κ1) is 13.9. The molecule has 2 aromatic rings. The van der Waals surface area contributed by atoms with Crippen LogP contribution in [0.1, 0.15) is 29.2 Å². The first-order chi connectivity index (χ1) is 9.95. The van der Waals surface area contributed by atoms with E-state index >= 15 is 0 Å². The van der Waals surface area contributed by atoms with Gasteiger partial charge in [-0.1, -0.05) is 24.3 Å². The van der Waals surface area contributed by atoms with Crippen LogP contribution in [0.25, 0.3) is 0 Å². The van der Waals surface area contributed by atoms with E-state index in [4.69, 9.17) is 0 Å². The molecule has 0 aromatic heterocycles. The zero-order chi connectivity index (χ0) is 15.0. The topological polar surface area (TPSA) is 12.0 Å². The Morgan fingerprint density at radius 2 is 1.81 bits per heavy atom. The number of benzene rings is 2. The number of fused-ring (bicyclic) bond motifs is 1. The van der Waals surface area contributed by atoms with E-state index in [0.717, 1.165) is 42.2 Å². The molecule has 0 aliphatic heterocycles. The predicted molar refractivity (Wildman–Crippen MR) is 72.5 cm³/mol. The molecule has 0 fully saturated rings. The quantitative estimate of drug-likeness (QED) is 0.773. The van der Waals surface area contributed by atoms with E-state index in [1.165, 1.54) is 0 Å². The first-order valence-electron chi connectivity index (χ1n) is 6.66. The lowest BCUT2D eigenvalue weighted by Gasteiger charge is -2.17. The lowest BCUT2D eigenvalue weighted by atomic mass is 10.1. The van der Waals surface area contributed by atoms with Crippen LogP contribution in [0.5, 0.6) is 0 Å². The molecule has 1 N–H and O–H groups in total. The molecule has 0 heterocycles. The summed E-state index contributed by atoms with van der Waals surface area (Å²) in [5, 5.41) is 2.90. The van der Waals surface area contributed by atoms with Crippen molar-refractivity contribution < 1.29 is 17.6 Å². The Kier molecular flexibility index (Phi) is 3.35. The summed E-state index contributed by atoms with van der Waals surface area (Å²) < 4.78 is 51.9. The number of anilines is 1. The average molecular weight is 295 g/mol. The lowest BCUT2D eigenvalue weighted by Crippen LogP contribution is -2.11. The fourth-order valence-electron chi connectivity index (χ4n) is 2.71. The molecule has 1 aliphatic rings. The molecule has 3 rings (SSSR count). The van der Waals surface area contributed by atoms with Crippen LogP contribution in [0.4, 0.5) is 23.2 Å². The molecule has 0 amide bonds. The summed E-state index contributed by atoms with van der Waals surface area (Å²) in [5.74, 6) is -0.674. The van der Waals surface area contributed by atoms with Gasteiger partial charge in [0.1, 0.15) is 5.82 Å². The third-order valence-corrected chi connectivity index (χ3v) is 3.76. The highest BCUT2D eigenvalue weighted by molar-refractivity contribution is 5.51. The third-order valence-electron chi connectivity index (χ3n) is 3.76. The van der Waals surface area contributed by atoms with Crippen molar-refractivity contribution in [3.63, 3.8) is 0 Å². The number of halogens is 4. The van der Waals surface area contributed by atoms with Gasteiger partial charge in [-0.2, -0.15) is 13.2 Å². The van der Waals surface area contributed by atoms with Gasteiger partial charge in [-0.25, -0.2) is 4.39 Å². The molecule has 0 saturated heterocycles. The van der Waals surface area contributed by atoms with Crippen molar-refractivity contribution in [2.24, 2.45) is 0 Å². The standard InChI is InChI=1S/C16H13F4N/c17-13-7-6-11(16(18,19)20)9-15(13)21-14-8-5-10-3-1-2-4-12(10)14/h1-4,6-7,9,14,21H,5,8H2. The van der Waals surface area contributed by atoms with E-state index in [0.29, 0.717) is 0 Å².